The topological polar surface area (TPSA) is 70.1 Å². The van der Waals surface area contributed by atoms with Gasteiger partial charge in [-0.15, -0.1) is 0 Å². The van der Waals surface area contributed by atoms with Gasteiger partial charge in [-0.25, -0.2) is 9.37 Å². The number of alkyl halides is 2. The molecule has 0 saturated heterocycles. The van der Waals surface area contributed by atoms with Crippen LogP contribution in [0.25, 0.3) is 11.3 Å². The van der Waals surface area contributed by atoms with E-state index in [1.807, 2.05) is 0 Å². The first kappa shape index (κ1) is 15.2. The highest BCUT2D eigenvalue weighted by atomic mass is 35.5. The Morgan fingerprint density at radius 3 is 2.67 bits per heavy atom. The smallest absolute Gasteiger partial charge is 0.387 e. The number of benzene rings is 1. The van der Waals surface area contributed by atoms with Crippen molar-refractivity contribution in [2.45, 2.75) is 6.61 Å². The number of hydrogen-bond donors (Lipinski definition) is 1. The summed E-state index contributed by atoms with van der Waals surface area (Å²) in [6.45, 7) is -3.17. The van der Waals surface area contributed by atoms with Gasteiger partial charge in [0.1, 0.15) is 0 Å². The average Bonchev–Trinajstić information content (AvgIpc) is 2.77. The molecule has 0 bridgehead atoms. The molecule has 1 amide bonds. The maximum atomic E-state index is 13.9. The standard InChI is InChI=1S/C12H9ClF3N3O2/c1-19-4-6(18-11(19)10(17)20)5-2-3-7(21-12(15)16)9(14)8(5)13/h2-4,12H,1H3,(H2,17,20). The lowest BCUT2D eigenvalue weighted by atomic mass is 10.1. The van der Waals surface area contributed by atoms with Gasteiger partial charge in [-0.1, -0.05) is 11.6 Å². The van der Waals surface area contributed by atoms with Gasteiger partial charge in [0, 0.05) is 18.8 Å². The highest BCUT2D eigenvalue weighted by molar-refractivity contribution is 6.33. The summed E-state index contributed by atoms with van der Waals surface area (Å²) in [6, 6.07) is 2.26. The summed E-state index contributed by atoms with van der Waals surface area (Å²) < 4.78 is 43.4. The van der Waals surface area contributed by atoms with Gasteiger partial charge in [-0.3, -0.25) is 4.79 Å². The number of aryl methyl sites for hydroxylation is 1. The number of nitrogens with zero attached hydrogens (tertiary/aromatic N) is 2. The zero-order valence-electron chi connectivity index (χ0n) is 10.6. The molecular weight excluding hydrogens is 311 g/mol. The Morgan fingerprint density at radius 1 is 1.48 bits per heavy atom. The van der Waals surface area contributed by atoms with Gasteiger partial charge in [0.25, 0.3) is 5.91 Å². The molecule has 0 aliphatic rings. The molecule has 112 valence electrons. The Bertz CT molecular complexity index is 703. The molecule has 2 N–H and O–H groups in total. The second-order valence-electron chi connectivity index (χ2n) is 4.04. The van der Waals surface area contributed by atoms with E-state index in [-0.39, 0.29) is 17.1 Å². The van der Waals surface area contributed by atoms with Crippen molar-refractivity contribution in [1.29, 1.82) is 0 Å². The number of primary amides is 1. The van der Waals surface area contributed by atoms with Crippen LogP contribution in [0.4, 0.5) is 13.2 Å². The van der Waals surface area contributed by atoms with Gasteiger partial charge in [-0.05, 0) is 12.1 Å². The molecule has 0 atom stereocenters. The van der Waals surface area contributed by atoms with Crippen LogP contribution >= 0.6 is 11.6 Å². The second-order valence-corrected chi connectivity index (χ2v) is 4.42. The van der Waals surface area contributed by atoms with Crippen LogP contribution in [0.2, 0.25) is 5.02 Å². The number of ether oxygens (including phenoxy) is 1. The molecule has 0 aliphatic heterocycles. The van der Waals surface area contributed by atoms with Crippen molar-refractivity contribution in [3.8, 4) is 17.0 Å². The SMILES string of the molecule is Cn1cc(-c2ccc(OC(F)F)c(F)c2Cl)nc1C(N)=O. The Balaban J connectivity index is 2.48. The van der Waals surface area contributed by atoms with Crippen molar-refractivity contribution in [2.24, 2.45) is 12.8 Å². The molecule has 9 heteroatoms. The lowest BCUT2D eigenvalue weighted by Crippen LogP contribution is -2.16. The third-order valence-corrected chi connectivity index (χ3v) is 3.01. The highest BCUT2D eigenvalue weighted by Crippen LogP contribution is 2.34. The minimum Gasteiger partial charge on any atom is -0.432 e. The van der Waals surface area contributed by atoms with Crippen molar-refractivity contribution in [3.63, 3.8) is 0 Å². The zero-order chi connectivity index (χ0) is 15.7. The Morgan fingerprint density at radius 2 is 2.14 bits per heavy atom. The first-order valence-electron chi connectivity index (χ1n) is 5.57. The number of carbonyl (C=O) groups excluding carboxylic acids is 1. The summed E-state index contributed by atoms with van der Waals surface area (Å²) in [6.07, 6.45) is 1.41. The summed E-state index contributed by atoms with van der Waals surface area (Å²) in [4.78, 5) is 15.0. The molecule has 2 aromatic rings. The molecule has 0 unspecified atom stereocenters. The fraction of sp³-hybridized carbons (Fsp3) is 0.167. The van der Waals surface area contributed by atoms with Gasteiger partial charge in [0.15, 0.2) is 17.4 Å². The fourth-order valence-corrected chi connectivity index (χ4v) is 1.99. The lowest BCUT2D eigenvalue weighted by molar-refractivity contribution is -0.0521. The fourth-order valence-electron chi connectivity index (χ4n) is 1.74. The number of nitrogens with two attached hydrogens (primary N) is 1. The number of amides is 1. The molecule has 21 heavy (non-hydrogen) atoms. The van der Waals surface area contributed by atoms with Crippen LogP contribution in [0.3, 0.4) is 0 Å². The van der Waals surface area contributed by atoms with Crippen LogP contribution in [0.15, 0.2) is 18.3 Å². The summed E-state index contributed by atoms with van der Waals surface area (Å²) >= 11 is 5.79. The van der Waals surface area contributed by atoms with E-state index in [4.69, 9.17) is 17.3 Å². The number of hydrogen-bond acceptors (Lipinski definition) is 3. The summed E-state index contributed by atoms with van der Waals surface area (Å²) in [5, 5.41) is -0.442. The van der Waals surface area contributed by atoms with Crippen LogP contribution in [-0.2, 0) is 7.05 Å². The van der Waals surface area contributed by atoms with E-state index in [1.54, 1.807) is 0 Å². The van der Waals surface area contributed by atoms with Crippen molar-refractivity contribution in [1.82, 2.24) is 9.55 Å². The van der Waals surface area contributed by atoms with Crippen LogP contribution < -0.4 is 10.5 Å². The van der Waals surface area contributed by atoms with Crippen molar-refractivity contribution < 1.29 is 22.7 Å². The van der Waals surface area contributed by atoms with Gasteiger partial charge in [0.05, 0.1) is 10.7 Å². The van der Waals surface area contributed by atoms with Gasteiger partial charge in [-0.2, -0.15) is 8.78 Å². The molecule has 2 rings (SSSR count). The molecule has 1 heterocycles. The van der Waals surface area contributed by atoms with Crippen LogP contribution in [0.5, 0.6) is 5.75 Å². The van der Waals surface area contributed by atoms with E-state index >= 15 is 0 Å². The third kappa shape index (κ3) is 2.94. The van der Waals surface area contributed by atoms with Gasteiger partial charge < -0.3 is 15.0 Å². The summed E-state index contributed by atoms with van der Waals surface area (Å²) in [7, 11) is 1.52. The first-order valence-corrected chi connectivity index (χ1v) is 5.95. The van der Waals surface area contributed by atoms with Crippen molar-refractivity contribution in [2.75, 3.05) is 0 Å². The number of rotatable bonds is 4. The van der Waals surface area contributed by atoms with E-state index < -0.39 is 29.1 Å². The predicted octanol–water partition coefficient (Wildman–Crippen LogP) is 2.58. The largest absolute Gasteiger partial charge is 0.432 e. The maximum Gasteiger partial charge on any atom is 0.387 e. The summed E-state index contributed by atoms with van der Waals surface area (Å²) in [5.74, 6) is -2.63. The van der Waals surface area contributed by atoms with Crippen molar-refractivity contribution >= 4 is 17.5 Å². The molecular formula is C12H9ClF3N3O2. The molecule has 0 saturated carbocycles. The highest BCUT2D eigenvalue weighted by Gasteiger charge is 2.19. The minimum absolute atomic E-state index is 0.0469. The number of aromatic nitrogens is 2. The number of halogens is 4. The number of imidazole rings is 1. The molecule has 0 spiro atoms. The van der Waals surface area contributed by atoms with Crippen LogP contribution in [0.1, 0.15) is 10.6 Å². The van der Waals surface area contributed by atoms with E-state index in [1.165, 1.54) is 23.9 Å². The average molecular weight is 320 g/mol. The van der Waals surface area contributed by atoms with Gasteiger partial charge >= 0.3 is 6.61 Å². The maximum absolute atomic E-state index is 13.9. The minimum atomic E-state index is -3.17. The van der Waals surface area contributed by atoms with Crippen molar-refractivity contribution in [3.05, 3.63) is 35.0 Å². The molecule has 0 aliphatic carbocycles. The quantitative estimate of drug-likeness (QED) is 0.941. The van der Waals surface area contributed by atoms with Crippen LogP contribution in [-0.4, -0.2) is 22.1 Å². The van der Waals surface area contributed by atoms with Gasteiger partial charge in [0.2, 0.25) is 0 Å². The normalized spacial score (nSPS) is 11.0. The molecule has 0 fully saturated rings. The second kappa shape index (κ2) is 5.65. The molecule has 0 radical (unpaired) electrons. The van der Waals surface area contributed by atoms with E-state index in [9.17, 15) is 18.0 Å². The first-order chi connectivity index (χ1) is 9.81. The predicted molar refractivity (Wildman–Crippen MR) is 68.8 cm³/mol. The Hall–Kier alpha value is -2.22. The van der Waals surface area contributed by atoms with E-state index in [2.05, 4.69) is 9.72 Å². The van der Waals surface area contributed by atoms with E-state index in [0.717, 1.165) is 6.07 Å². The third-order valence-electron chi connectivity index (χ3n) is 2.64. The van der Waals surface area contributed by atoms with Crippen LogP contribution in [0, 0.1) is 5.82 Å². The number of carbonyl (C=O) groups is 1. The van der Waals surface area contributed by atoms with E-state index in [0.29, 0.717) is 0 Å². The molecule has 5 nitrogen and oxygen atoms in total. The molecule has 1 aromatic heterocycles. The zero-order valence-corrected chi connectivity index (χ0v) is 11.4. The Kier molecular flexibility index (Phi) is 4.08. The summed E-state index contributed by atoms with van der Waals surface area (Å²) in [5.41, 5.74) is 5.42. The lowest BCUT2D eigenvalue weighted by Gasteiger charge is -2.08. The molecule has 1 aromatic carbocycles. The monoisotopic (exact) mass is 319 g/mol. The Labute approximate surface area is 122 Å².